The van der Waals surface area contributed by atoms with Gasteiger partial charge in [-0.2, -0.15) is 0 Å². The zero-order valence-corrected chi connectivity index (χ0v) is 24.8. The molecule has 0 radical (unpaired) electrons. The maximum Gasteiger partial charge on any atom is 0.146 e. The van der Waals surface area contributed by atoms with E-state index in [0.717, 1.165) is 66.8 Å². The minimum Gasteiger partial charge on any atom is -0.294 e. The smallest absolute Gasteiger partial charge is 0.146 e. The van der Waals surface area contributed by atoms with E-state index in [1.165, 1.54) is 21.5 Å². The summed E-state index contributed by atoms with van der Waals surface area (Å²) in [5.74, 6) is 0.885. The van der Waals surface area contributed by atoms with E-state index in [1.54, 1.807) is 0 Å². The molecule has 4 heterocycles. The van der Waals surface area contributed by atoms with Gasteiger partial charge in [0, 0.05) is 27.1 Å². The standard InChI is InChI=1S/C42H26N4/c1-3-13-27(14-4-1)29-23-36(28-15-5-2-6-16-28)43-41(24-29)45-37-20-10-8-18-31(37)33-25-32-30-17-7-11-21-38(30)46-39-22-12-9-19-35(39)44-42(46)34(32)26-40(33)45/h1-26H. The van der Waals surface area contributed by atoms with E-state index >= 15 is 0 Å². The molecule has 46 heavy (non-hydrogen) atoms. The fraction of sp³-hybridized carbons (Fsp3) is 0. The highest BCUT2D eigenvalue weighted by molar-refractivity contribution is 6.21. The Labute approximate surface area is 264 Å². The van der Waals surface area contributed by atoms with Crippen LogP contribution >= 0.6 is 0 Å². The van der Waals surface area contributed by atoms with Crippen LogP contribution in [0.25, 0.3) is 88.4 Å². The number of hydrogen-bond donors (Lipinski definition) is 0. The summed E-state index contributed by atoms with van der Waals surface area (Å²) in [5, 5.41) is 5.92. The normalized spacial score (nSPS) is 11.9. The van der Waals surface area contributed by atoms with Gasteiger partial charge in [-0.15, -0.1) is 0 Å². The molecule has 6 aromatic carbocycles. The first-order chi connectivity index (χ1) is 22.8. The number of nitrogens with zero attached hydrogens (tertiary/aromatic N) is 4. The van der Waals surface area contributed by atoms with Crippen LogP contribution < -0.4 is 0 Å². The number of para-hydroxylation sites is 4. The second-order valence-corrected chi connectivity index (χ2v) is 11.9. The Kier molecular flexibility index (Phi) is 5.25. The summed E-state index contributed by atoms with van der Waals surface area (Å²) < 4.78 is 4.64. The van der Waals surface area contributed by atoms with Crippen molar-refractivity contribution in [2.45, 2.75) is 0 Å². The average molecular weight is 587 g/mol. The van der Waals surface area contributed by atoms with Crippen molar-refractivity contribution in [3.63, 3.8) is 0 Å². The van der Waals surface area contributed by atoms with Gasteiger partial charge in [0.05, 0.1) is 33.3 Å². The molecule has 214 valence electrons. The Balaban J connectivity index is 1.37. The molecule has 0 spiro atoms. The average Bonchev–Trinajstić information content (AvgIpc) is 3.68. The van der Waals surface area contributed by atoms with E-state index in [0.29, 0.717) is 0 Å². The van der Waals surface area contributed by atoms with Crippen LogP contribution in [0.4, 0.5) is 0 Å². The van der Waals surface area contributed by atoms with Crippen molar-refractivity contribution in [1.82, 2.24) is 18.9 Å². The molecule has 0 amide bonds. The van der Waals surface area contributed by atoms with Crippen LogP contribution in [0.1, 0.15) is 0 Å². The first-order valence-electron chi connectivity index (χ1n) is 15.6. The Morgan fingerprint density at radius 1 is 0.370 bits per heavy atom. The van der Waals surface area contributed by atoms with Gasteiger partial charge in [0.25, 0.3) is 0 Å². The van der Waals surface area contributed by atoms with Gasteiger partial charge in [0.1, 0.15) is 11.5 Å². The third-order valence-electron chi connectivity index (χ3n) is 9.27. The van der Waals surface area contributed by atoms with E-state index in [4.69, 9.17) is 9.97 Å². The molecule has 0 bridgehead atoms. The van der Waals surface area contributed by atoms with Gasteiger partial charge in [-0.1, -0.05) is 109 Å². The molecular formula is C42H26N4. The third kappa shape index (κ3) is 3.61. The van der Waals surface area contributed by atoms with Gasteiger partial charge < -0.3 is 0 Å². The minimum atomic E-state index is 0.885. The predicted octanol–water partition coefficient (Wildman–Crippen LogP) is 10.6. The van der Waals surface area contributed by atoms with Crippen molar-refractivity contribution < 1.29 is 0 Å². The van der Waals surface area contributed by atoms with Crippen LogP contribution in [0, 0.1) is 0 Å². The van der Waals surface area contributed by atoms with Crippen LogP contribution in [0.5, 0.6) is 0 Å². The molecule has 0 unspecified atom stereocenters. The highest BCUT2D eigenvalue weighted by Gasteiger charge is 2.20. The summed E-state index contributed by atoms with van der Waals surface area (Å²) in [5.41, 5.74) is 10.8. The molecule has 0 saturated heterocycles. The first-order valence-corrected chi connectivity index (χ1v) is 15.6. The zero-order valence-electron chi connectivity index (χ0n) is 24.8. The second-order valence-electron chi connectivity index (χ2n) is 11.9. The molecule has 0 aliphatic carbocycles. The highest BCUT2D eigenvalue weighted by Crippen LogP contribution is 2.40. The number of fused-ring (bicyclic) bond motifs is 11. The van der Waals surface area contributed by atoms with Crippen molar-refractivity contribution in [1.29, 1.82) is 0 Å². The maximum absolute atomic E-state index is 5.34. The van der Waals surface area contributed by atoms with E-state index in [1.807, 2.05) is 6.07 Å². The molecule has 0 aliphatic heterocycles. The van der Waals surface area contributed by atoms with Crippen LogP contribution in [0.3, 0.4) is 0 Å². The lowest BCUT2D eigenvalue weighted by molar-refractivity contribution is 1.08. The lowest BCUT2D eigenvalue weighted by Crippen LogP contribution is -2.00. The minimum absolute atomic E-state index is 0.885. The molecule has 0 aliphatic rings. The highest BCUT2D eigenvalue weighted by atomic mass is 15.1. The van der Waals surface area contributed by atoms with Crippen molar-refractivity contribution in [3.05, 3.63) is 158 Å². The number of hydrogen-bond acceptors (Lipinski definition) is 2. The van der Waals surface area contributed by atoms with Gasteiger partial charge in [-0.25, -0.2) is 9.97 Å². The van der Waals surface area contributed by atoms with Crippen LogP contribution in [0.2, 0.25) is 0 Å². The quantitative estimate of drug-likeness (QED) is 0.193. The van der Waals surface area contributed by atoms with Gasteiger partial charge >= 0.3 is 0 Å². The van der Waals surface area contributed by atoms with Crippen LogP contribution in [-0.4, -0.2) is 18.9 Å². The van der Waals surface area contributed by atoms with E-state index in [-0.39, 0.29) is 0 Å². The van der Waals surface area contributed by atoms with Crippen molar-refractivity contribution in [2.24, 2.45) is 0 Å². The molecule has 4 heteroatoms. The maximum atomic E-state index is 5.34. The molecule has 4 nitrogen and oxygen atoms in total. The molecule has 10 aromatic rings. The van der Waals surface area contributed by atoms with E-state index in [9.17, 15) is 0 Å². The van der Waals surface area contributed by atoms with E-state index in [2.05, 4.69) is 161 Å². The summed E-state index contributed by atoms with van der Waals surface area (Å²) in [6.45, 7) is 0. The topological polar surface area (TPSA) is 35.1 Å². The Morgan fingerprint density at radius 2 is 1.00 bits per heavy atom. The fourth-order valence-corrected chi connectivity index (χ4v) is 7.20. The van der Waals surface area contributed by atoms with Crippen molar-refractivity contribution >= 4 is 60.2 Å². The number of rotatable bonds is 3. The molecule has 0 atom stereocenters. The summed E-state index contributed by atoms with van der Waals surface area (Å²) in [4.78, 5) is 10.5. The third-order valence-corrected chi connectivity index (χ3v) is 9.27. The molecule has 10 rings (SSSR count). The zero-order chi connectivity index (χ0) is 30.2. The Hall–Kier alpha value is -6.26. The predicted molar refractivity (Wildman–Crippen MR) is 191 cm³/mol. The Bertz CT molecular complexity index is 2730. The Morgan fingerprint density at radius 3 is 1.78 bits per heavy atom. The summed E-state index contributed by atoms with van der Waals surface area (Å²) in [7, 11) is 0. The largest absolute Gasteiger partial charge is 0.294 e. The molecule has 0 fully saturated rings. The van der Waals surface area contributed by atoms with Crippen molar-refractivity contribution in [2.75, 3.05) is 0 Å². The summed E-state index contributed by atoms with van der Waals surface area (Å²) in [6.07, 6.45) is 0. The van der Waals surface area contributed by atoms with Gasteiger partial charge in [0.2, 0.25) is 0 Å². The number of aromatic nitrogens is 4. The second kappa shape index (κ2) is 9.62. The number of benzene rings is 6. The summed E-state index contributed by atoms with van der Waals surface area (Å²) >= 11 is 0. The fourth-order valence-electron chi connectivity index (χ4n) is 7.20. The summed E-state index contributed by atoms with van der Waals surface area (Å²) in [6, 6.07) is 55.9. The molecule has 4 aromatic heterocycles. The molecular weight excluding hydrogens is 560 g/mol. The van der Waals surface area contributed by atoms with Gasteiger partial charge in [0.15, 0.2) is 0 Å². The van der Waals surface area contributed by atoms with Crippen molar-refractivity contribution in [3.8, 4) is 28.2 Å². The van der Waals surface area contributed by atoms with Gasteiger partial charge in [-0.05, 0) is 65.0 Å². The van der Waals surface area contributed by atoms with Crippen LogP contribution in [0.15, 0.2) is 158 Å². The first kappa shape index (κ1) is 25.1. The lowest BCUT2D eigenvalue weighted by Gasteiger charge is -2.14. The number of imidazole rings is 1. The molecule has 0 N–H and O–H groups in total. The number of pyridine rings is 2. The molecule has 0 saturated carbocycles. The monoisotopic (exact) mass is 586 g/mol. The van der Waals surface area contributed by atoms with Crippen LogP contribution in [-0.2, 0) is 0 Å². The lowest BCUT2D eigenvalue weighted by atomic mass is 10.0. The van der Waals surface area contributed by atoms with Gasteiger partial charge in [-0.3, -0.25) is 8.97 Å². The van der Waals surface area contributed by atoms with E-state index < -0.39 is 0 Å². The SMILES string of the molecule is c1ccc(-c2cc(-c3ccccc3)nc(-n3c4ccccc4c4cc5c6ccccc6n6c7ccccc7nc6c5cc43)c2)cc1.